The van der Waals surface area contributed by atoms with E-state index in [1.165, 1.54) is 39.0 Å². The van der Waals surface area contributed by atoms with Crippen molar-refractivity contribution in [1.29, 1.82) is 5.41 Å². The van der Waals surface area contributed by atoms with E-state index >= 15 is 0 Å². The van der Waals surface area contributed by atoms with Crippen LogP contribution in [0.25, 0.3) is 0 Å². The molecule has 0 radical (unpaired) electrons. The summed E-state index contributed by atoms with van der Waals surface area (Å²) in [6.45, 7) is 1.88. The van der Waals surface area contributed by atoms with Crippen molar-refractivity contribution in [3.8, 4) is 17.2 Å². The summed E-state index contributed by atoms with van der Waals surface area (Å²) in [5, 5.41) is 16.6. The Hall–Kier alpha value is -5.02. The van der Waals surface area contributed by atoms with Crippen molar-refractivity contribution in [3.05, 3.63) is 113 Å². The number of guanidine groups is 1. The highest BCUT2D eigenvalue weighted by atomic mass is 35.5. The van der Waals surface area contributed by atoms with Crippen molar-refractivity contribution in [1.82, 2.24) is 5.32 Å². The summed E-state index contributed by atoms with van der Waals surface area (Å²) in [7, 11) is 4.39. The van der Waals surface area contributed by atoms with E-state index < -0.39 is 5.91 Å². The van der Waals surface area contributed by atoms with Gasteiger partial charge in [-0.05, 0) is 72.9 Å². The van der Waals surface area contributed by atoms with Gasteiger partial charge in [-0.15, -0.1) is 12.4 Å². The minimum atomic E-state index is -0.542. The van der Waals surface area contributed by atoms with Crippen LogP contribution in [0.15, 0.2) is 84.9 Å². The molecule has 0 atom stereocenters. The second-order valence-corrected chi connectivity index (χ2v) is 9.53. The Kier molecular flexibility index (Phi) is 11.5. The Bertz CT molecular complexity index is 1550. The molecule has 43 heavy (non-hydrogen) atoms. The van der Waals surface area contributed by atoms with Crippen LogP contribution in [0.5, 0.6) is 17.2 Å². The van der Waals surface area contributed by atoms with E-state index in [1.54, 1.807) is 12.1 Å². The smallest absolute Gasteiger partial charge is 0.258 e. The summed E-state index contributed by atoms with van der Waals surface area (Å²) in [4.78, 5) is 25.8. The number of nitrogens with one attached hydrogen (secondary N) is 4. The fraction of sp³-hybridized carbons (Fsp3) is 0.182. The zero-order chi connectivity index (χ0) is 30.1. The molecule has 0 aliphatic rings. The van der Waals surface area contributed by atoms with Gasteiger partial charge in [-0.3, -0.25) is 20.3 Å². The molecular formula is C33H35ClN4O5. The molecule has 0 unspecified atom stereocenters. The predicted molar refractivity (Wildman–Crippen MR) is 172 cm³/mol. The molecule has 0 aromatic heterocycles. The third-order valence-electron chi connectivity index (χ3n) is 6.68. The van der Waals surface area contributed by atoms with Gasteiger partial charge in [-0.1, -0.05) is 48.5 Å². The van der Waals surface area contributed by atoms with Crippen LogP contribution in [-0.4, -0.2) is 39.1 Å². The van der Waals surface area contributed by atoms with Crippen molar-refractivity contribution in [2.75, 3.05) is 32.0 Å². The first-order chi connectivity index (χ1) is 20.3. The minimum absolute atomic E-state index is 0. The normalized spacial score (nSPS) is 10.1. The fourth-order valence-electron chi connectivity index (χ4n) is 4.36. The van der Waals surface area contributed by atoms with Gasteiger partial charge in [0.15, 0.2) is 17.5 Å². The average molecular weight is 603 g/mol. The van der Waals surface area contributed by atoms with Crippen molar-refractivity contribution in [2.45, 2.75) is 19.8 Å². The Morgan fingerprint density at radius 2 is 1.30 bits per heavy atom. The van der Waals surface area contributed by atoms with Crippen LogP contribution in [0.2, 0.25) is 0 Å². The molecule has 2 amide bonds. The van der Waals surface area contributed by atoms with Crippen LogP contribution in [0.4, 0.5) is 11.4 Å². The topological polar surface area (TPSA) is 122 Å². The molecule has 0 saturated heterocycles. The van der Waals surface area contributed by atoms with Gasteiger partial charge in [0.2, 0.25) is 5.75 Å². The van der Waals surface area contributed by atoms with E-state index in [4.69, 9.17) is 19.6 Å². The molecule has 0 aliphatic carbocycles. The largest absolute Gasteiger partial charge is 0.493 e. The molecule has 0 spiro atoms. The summed E-state index contributed by atoms with van der Waals surface area (Å²) in [5.74, 6) is -0.0290. The highest BCUT2D eigenvalue weighted by molar-refractivity contribution is 6.10. The molecule has 9 nitrogen and oxygen atoms in total. The number of benzene rings is 4. The second-order valence-electron chi connectivity index (χ2n) is 9.53. The lowest BCUT2D eigenvalue weighted by Gasteiger charge is -2.15. The van der Waals surface area contributed by atoms with E-state index in [9.17, 15) is 9.59 Å². The van der Waals surface area contributed by atoms with Gasteiger partial charge in [-0.2, -0.15) is 0 Å². The average Bonchev–Trinajstić information content (AvgIpc) is 3.01. The molecule has 4 rings (SSSR count). The van der Waals surface area contributed by atoms with E-state index in [0.717, 1.165) is 24.0 Å². The lowest BCUT2D eigenvalue weighted by atomic mass is 10.0. The maximum absolute atomic E-state index is 13.0. The van der Waals surface area contributed by atoms with E-state index in [-0.39, 0.29) is 29.8 Å². The number of hydrogen-bond donors (Lipinski definition) is 4. The number of halogens is 1. The third kappa shape index (κ3) is 8.50. The molecule has 224 valence electrons. The van der Waals surface area contributed by atoms with Crippen LogP contribution >= 0.6 is 12.4 Å². The molecule has 0 bridgehead atoms. The molecule has 0 saturated carbocycles. The number of ether oxygens (including phenoxy) is 3. The van der Waals surface area contributed by atoms with Crippen LogP contribution < -0.4 is 30.2 Å². The maximum Gasteiger partial charge on any atom is 0.258 e. The predicted octanol–water partition coefficient (Wildman–Crippen LogP) is 6.26. The molecule has 0 heterocycles. The van der Waals surface area contributed by atoms with Crippen LogP contribution in [0.1, 0.15) is 37.4 Å². The van der Waals surface area contributed by atoms with Gasteiger partial charge < -0.3 is 24.8 Å². The Morgan fingerprint density at radius 3 is 1.88 bits per heavy atom. The summed E-state index contributed by atoms with van der Waals surface area (Å²) >= 11 is 0. The molecular weight excluding hydrogens is 568 g/mol. The number of aryl methyl sites for hydroxylation is 3. The first-order valence-electron chi connectivity index (χ1n) is 13.3. The number of rotatable bonds is 10. The number of carbonyl (C=O) groups is 2. The quantitative estimate of drug-likeness (QED) is 0.126. The summed E-state index contributed by atoms with van der Waals surface area (Å²) < 4.78 is 15.9. The molecule has 4 aromatic rings. The molecule has 0 fully saturated rings. The zero-order valence-electron chi connectivity index (χ0n) is 24.4. The fourth-order valence-corrected chi connectivity index (χ4v) is 4.36. The third-order valence-corrected chi connectivity index (χ3v) is 6.68. The maximum atomic E-state index is 13.0. The van der Waals surface area contributed by atoms with Crippen LogP contribution in [0, 0.1) is 12.3 Å². The Morgan fingerprint density at radius 1 is 0.698 bits per heavy atom. The van der Waals surface area contributed by atoms with Gasteiger partial charge in [0.05, 0.1) is 21.3 Å². The van der Waals surface area contributed by atoms with Crippen molar-refractivity contribution < 1.29 is 23.8 Å². The Labute approximate surface area is 257 Å². The lowest BCUT2D eigenvalue weighted by molar-refractivity contribution is 0.0974. The minimum Gasteiger partial charge on any atom is -0.493 e. The second kappa shape index (κ2) is 15.3. The summed E-state index contributed by atoms with van der Waals surface area (Å²) in [6.07, 6.45) is 1.82. The number of carbonyl (C=O) groups excluding carboxylic acids is 2. The standard InChI is InChI=1S/C33H34N4O5.ClH/c1-21-10-17-26(35-33(34)37-32(39)25-18-28(40-2)30(42-4)29(19-25)41-3)20-27(21)36-31(38)24-15-13-23(14-16-24)12-11-22-8-6-5-7-9-22;/h5-10,13-20H,11-12H2,1-4H3,(H,36,38)(H3,34,35,37,39);1H. The van der Waals surface area contributed by atoms with E-state index in [1.807, 2.05) is 55.5 Å². The number of methoxy groups -OCH3 is 3. The highest BCUT2D eigenvalue weighted by Crippen LogP contribution is 2.38. The SMILES string of the molecule is COc1cc(C(=O)NC(=N)Nc2ccc(C)c(NC(=O)c3ccc(CCc4ccccc4)cc3)c2)cc(OC)c1OC.Cl. The first kappa shape index (κ1) is 32.5. The van der Waals surface area contributed by atoms with Gasteiger partial charge in [-0.25, -0.2) is 0 Å². The van der Waals surface area contributed by atoms with Crippen LogP contribution in [0.3, 0.4) is 0 Å². The zero-order valence-corrected chi connectivity index (χ0v) is 25.3. The van der Waals surface area contributed by atoms with E-state index in [2.05, 4.69) is 28.1 Å². The first-order valence-corrected chi connectivity index (χ1v) is 13.3. The summed E-state index contributed by atoms with van der Waals surface area (Å²) in [5.41, 5.74) is 5.15. The van der Waals surface area contributed by atoms with Crippen LogP contribution in [-0.2, 0) is 12.8 Å². The van der Waals surface area contributed by atoms with Gasteiger partial charge in [0.25, 0.3) is 11.8 Å². The molecule has 0 aliphatic heterocycles. The lowest BCUT2D eigenvalue weighted by Crippen LogP contribution is -2.35. The number of hydrogen-bond acceptors (Lipinski definition) is 6. The van der Waals surface area contributed by atoms with Gasteiger partial charge in [0.1, 0.15) is 0 Å². The van der Waals surface area contributed by atoms with E-state index in [0.29, 0.717) is 34.2 Å². The number of amides is 2. The summed E-state index contributed by atoms with van der Waals surface area (Å²) in [6, 6.07) is 26.2. The molecule has 10 heteroatoms. The monoisotopic (exact) mass is 602 g/mol. The molecule has 4 aromatic carbocycles. The number of anilines is 2. The van der Waals surface area contributed by atoms with Crippen molar-refractivity contribution in [2.24, 2.45) is 0 Å². The molecule has 4 N–H and O–H groups in total. The van der Waals surface area contributed by atoms with Gasteiger partial charge in [0, 0.05) is 22.5 Å². The Balaban J connectivity index is 0.00000506. The van der Waals surface area contributed by atoms with Crippen molar-refractivity contribution >= 4 is 41.6 Å². The van der Waals surface area contributed by atoms with Gasteiger partial charge >= 0.3 is 0 Å². The highest BCUT2D eigenvalue weighted by Gasteiger charge is 2.18. The van der Waals surface area contributed by atoms with Crippen molar-refractivity contribution in [3.63, 3.8) is 0 Å².